The summed E-state index contributed by atoms with van der Waals surface area (Å²) >= 11 is 0. The molecule has 8 nitrogen and oxygen atoms in total. The maximum absolute atomic E-state index is 12.8. The molecule has 9 heteroatoms. The highest BCUT2D eigenvalue weighted by Crippen LogP contribution is 2.30. The van der Waals surface area contributed by atoms with Crippen LogP contribution in [0.3, 0.4) is 0 Å². The molecule has 0 spiro atoms. The molecular formula is C17H17N5O3S. The highest BCUT2D eigenvalue weighted by molar-refractivity contribution is 7.89. The fourth-order valence-corrected chi connectivity index (χ4v) is 4.56. The van der Waals surface area contributed by atoms with E-state index in [-0.39, 0.29) is 11.8 Å². The summed E-state index contributed by atoms with van der Waals surface area (Å²) in [6.45, 7) is 0.804. The first kappa shape index (κ1) is 16.8. The second-order valence-corrected chi connectivity index (χ2v) is 7.99. The lowest BCUT2D eigenvalue weighted by molar-refractivity contribution is 0.286. The molecule has 0 aliphatic carbocycles. The molecule has 0 amide bonds. The van der Waals surface area contributed by atoms with Gasteiger partial charge in [0.15, 0.2) is 0 Å². The molecule has 1 unspecified atom stereocenters. The van der Waals surface area contributed by atoms with Crippen LogP contribution < -0.4 is 0 Å². The Labute approximate surface area is 151 Å². The third-order valence-electron chi connectivity index (χ3n) is 4.34. The molecule has 1 aliphatic heterocycles. The first-order valence-corrected chi connectivity index (χ1v) is 9.73. The van der Waals surface area contributed by atoms with Gasteiger partial charge in [-0.1, -0.05) is 18.2 Å². The molecule has 1 saturated heterocycles. The zero-order chi connectivity index (χ0) is 18.0. The molecule has 4 rings (SSSR count). The SMILES string of the molecule is O=S(=O)(c1ccccc1)N1CCCC(c2nnc(-c3cnccn3)o2)C1. The maximum Gasteiger partial charge on any atom is 0.267 e. The lowest BCUT2D eigenvalue weighted by Crippen LogP contribution is -2.39. The van der Waals surface area contributed by atoms with Gasteiger partial charge in [0.2, 0.25) is 15.9 Å². The van der Waals surface area contributed by atoms with Crippen LogP contribution in [0.1, 0.15) is 24.7 Å². The summed E-state index contributed by atoms with van der Waals surface area (Å²) in [5.74, 6) is 0.579. The number of piperidine rings is 1. The lowest BCUT2D eigenvalue weighted by atomic mass is 10.00. The molecule has 3 aromatic rings. The van der Waals surface area contributed by atoms with Crippen molar-refractivity contribution in [3.8, 4) is 11.6 Å². The van der Waals surface area contributed by atoms with E-state index >= 15 is 0 Å². The molecule has 134 valence electrons. The smallest absolute Gasteiger partial charge is 0.267 e. The Hall–Kier alpha value is -2.65. The molecule has 0 N–H and O–H groups in total. The molecule has 0 radical (unpaired) electrons. The Morgan fingerprint density at radius 3 is 2.73 bits per heavy atom. The lowest BCUT2D eigenvalue weighted by Gasteiger charge is -2.30. The fraction of sp³-hybridized carbons (Fsp3) is 0.294. The van der Waals surface area contributed by atoms with Crippen molar-refractivity contribution >= 4 is 10.0 Å². The number of nitrogens with zero attached hydrogens (tertiary/aromatic N) is 5. The fourth-order valence-electron chi connectivity index (χ4n) is 3.02. The highest BCUT2D eigenvalue weighted by Gasteiger charge is 2.33. The Morgan fingerprint density at radius 1 is 1.12 bits per heavy atom. The van der Waals surface area contributed by atoms with Crippen molar-refractivity contribution in [3.05, 3.63) is 54.8 Å². The summed E-state index contributed by atoms with van der Waals surface area (Å²) in [5.41, 5.74) is 0.496. The van der Waals surface area contributed by atoms with E-state index in [1.54, 1.807) is 48.9 Å². The minimum Gasteiger partial charge on any atom is -0.419 e. The van der Waals surface area contributed by atoms with Gasteiger partial charge in [-0.3, -0.25) is 4.98 Å². The van der Waals surface area contributed by atoms with Crippen molar-refractivity contribution in [1.29, 1.82) is 0 Å². The Morgan fingerprint density at radius 2 is 1.96 bits per heavy atom. The zero-order valence-corrected chi connectivity index (χ0v) is 14.7. The second-order valence-electron chi connectivity index (χ2n) is 6.05. The van der Waals surface area contributed by atoms with Gasteiger partial charge in [-0.05, 0) is 25.0 Å². The van der Waals surface area contributed by atoms with E-state index in [2.05, 4.69) is 20.2 Å². The number of rotatable bonds is 4. The van der Waals surface area contributed by atoms with E-state index in [1.807, 2.05) is 0 Å². The molecule has 0 bridgehead atoms. The predicted molar refractivity (Wildman–Crippen MR) is 92.5 cm³/mol. The van der Waals surface area contributed by atoms with Gasteiger partial charge in [-0.2, -0.15) is 4.31 Å². The van der Waals surface area contributed by atoms with E-state index in [4.69, 9.17) is 4.42 Å². The molecule has 0 saturated carbocycles. The minimum atomic E-state index is -3.53. The van der Waals surface area contributed by atoms with Crippen LogP contribution in [0.25, 0.3) is 11.6 Å². The third kappa shape index (κ3) is 3.23. The molecule has 1 atom stereocenters. The largest absolute Gasteiger partial charge is 0.419 e. The predicted octanol–water partition coefficient (Wildman–Crippen LogP) is 2.09. The number of hydrogen-bond donors (Lipinski definition) is 0. The van der Waals surface area contributed by atoms with Crippen molar-refractivity contribution in [3.63, 3.8) is 0 Å². The van der Waals surface area contributed by atoms with Crippen molar-refractivity contribution in [2.45, 2.75) is 23.7 Å². The van der Waals surface area contributed by atoms with Crippen LogP contribution in [0.4, 0.5) is 0 Å². The second kappa shape index (κ2) is 6.93. The zero-order valence-electron chi connectivity index (χ0n) is 13.9. The Kier molecular flexibility index (Phi) is 4.48. The van der Waals surface area contributed by atoms with E-state index in [9.17, 15) is 8.42 Å². The minimum absolute atomic E-state index is 0.139. The molecule has 26 heavy (non-hydrogen) atoms. The molecule has 3 heterocycles. The van der Waals surface area contributed by atoms with Gasteiger partial charge in [-0.25, -0.2) is 13.4 Å². The van der Waals surface area contributed by atoms with Gasteiger partial charge in [0.25, 0.3) is 5.89 Å². The Balaban J connectivity index is 1.55. The van der Waals surface area contributed by atoms with Crippen LogP contribution in [-0.2, 0) is 10.0 Å². The average molecular weight is 371 g/mol. The van der Waals surface area contributed by atoms with Gasteiger partial charge in [0.05, 0.1) is 17.0 Å². The van der Waals surface area contributed by atoms with Gasteiger partial charge in [-0.15, -0.1) is 10.2 Å². The number of sulfonamides is 1. The number of benzene rings is 1. The normalized spacial score (nSPS) is 18.7. The van der Waals surface area contributed by atoms with E-state index in [0.717, 1.165) is 12.8 Å². The van der Waals surface area contributed by atoms with Gasteiger partial charge in [0.1, 0.15) is 5.69 Å². The summed E-state index contributed by atoms with van der Waals surface area (Å²) in [6.07, 6.45) is 6.19. The standard InChI is InChI=1S/C17H17N5O3S/c23-26(24,14-6-2-1-3-7-14)22-10-4-5-13(12-22)16-20-21-17(25-16)15-11-18-8-9-19-15/h1-3,6-9,11,13H,4-5,10,12H2. The van der Waals surface area contributed by atoms with Crippen LogP contribution >= 0.6 is 0 Å². The van der Waals surface area contributed by atoms with Gasteiger partial charge >= 0.3 is 0 Å². The Bertz CT molecular complexity index is 976. The summed E-state index contributed by atoms with van der Waals surface area (Å²) in [6, 6.07) is 8.46. The van der Waals surface area contributed by atoms with Crippen molar-refractivity contribution in [2.24, 2.45) is 0 Å². The third-order valence-corrected chi connectivity index (χ3v) is 6.22. The van der Waals surface area contributed by atoms with Crippen LogP contribution in [0.15, 0.2) is 58.2 Å². The molecule has 1 aromatic carbocycles. The first-order chi connectivity index (χ1) is 12.6. The first-order valence-electron chi connectivity index (χ1n) is 8.29. The van der Waals surface area contributed by atoms with Crippen molar-refractivity contribution in [1.82, 2.24) is 24.5 Å². The summed E-state index contributed by atoms with van der Waals surface area (Å²) in [7, 11) is -3.53. The highest BCUT2D eigenvalue weighted by atomic mass is 32.2. The van der Waals surface area contributed by atoms with Crippen LogP contribution in [-0.4, -0.2) is 46.0 Å². The summed E-state index contributed by atoms with van der Waals surface area (Å²) in [4.78, 5) is 8.42. The molecule has 1 aliphatic rings. The number of aromatic nitrogens is 4. The monoisotopic (exact) mass is 371 g/mol. The number of hydrogen-bond acceptors (Lipinski definition) is 7. The van der Waals surface area contributed by atoms with E-state index < -0.39 is 10.0 Å². The maximum atomic E-state index is 12.8. The van der Waals surface area contributed by atoms with Crippen molar-refractivity contribution < 1.29 is 12.8 Å². The van der Waals surface area contributed by atoms with E-state index in [1.165, 1.54) is 4.31 Å². The average Bonchev–Trinajstić information content (AvgIpc) is 3.20. The molecule has 2 aromatic heterocycles. The quantitative estimate of drug-likeness (QED) is 0.692. The molecule has 1 fully saturated rings. The van der Waals surface area contributed by atoms with Gasteiger partial charge < -0.3 is 4.42 Å². The van der Waals surface area contributed by atoms with Gasteiger partial charge in [0, 0.05) is 25.5 Å². The van der Waals surface area contributed by atoms with Crippen LogP contribution in [0, 0.1) is 0 Å². The topological polar surface area (TPSA) is 102 Å². The van der Waals surface area contributed by atoms with Crippen molar-refractivity contribution in [2.75, 3.05) is 13.1 Å². The summed E-state index contributed by atoms with van der Waals surface area (Å²) < 4.78 is 32.9. The molecular weight excluding hydrogens is 354 g/mol. The van der Waals surface area contributed by atoms with Crippen LogP contribution in [0.5, 0.6) is 0 Å². The van der Waals surface area contributed by atoms with Crippen LogP contribution in [0.2, 0.25) is 0 Å². The van der Waals surface area contributed by atoms with E-state index in [0.29, 0.717) is 29.6 Å². The summed E-state index contributed by atoms with van der Waals surface area (Å²) in [5, 5.41) is 8.12.